The van der Waals surface area contributed by atoms with Gasteiger partial charge < -0.3 is 20.6 Å². The standard InChI is InChI=1S/C24H32FN7O/c1-16(2)32-15-18(14-28-32)23-17(3)13-27-24(30-23)29-20-4-5-22(21(25)12-20)31-9-6-19(7-10-31)26-8-11-33/h4-5,12-16,19,26,33H,6-11H2,1-3H3,(H,27,29,30). The molecule has 0 spiro atoms. The van der Waals surface area contributed by atoms with Crippen LogP contribution in [0, 0.1) is 12.7 Å². The van der Waals surface area contributed by atoms with E-state index in [-0.39, 0.29) is 18.5 Å². The molecule has 3 N–H and O–H groups in total. The SMILES string of the molecule is Cc1cnc(Nc2ccc(N3CCC(NCCO)CC3)c(F)c2)nc1-c1cnn(C(C)C)c1. The molecular weight excluding hydrogens is 421 g/mol. The number of benzene rings is 1. The summed E-state index contributed by atoms with van der Waals surface area (Å²) in [5.41, 5.74) is 3.87. The highest BCUT2D eigenvalue weighted by molar-refractivity contribution is 5.65. The molecule has 3 aromatic rings. The van der Waals surface area contributed by atoms with E-state index in [1.54, 1.807) is 18.5 Å². The molecular formula is C24H32FN7O. The van der Waals surface area contributed by atoms with Crippen molar-refractivity contribution in [1.29, 1.82) is 0 Å². The van der Waals surface area contributed by atoms with Crippen molar-refractivity contribution in [3.63, 3.8) is 0 Å². The van der Waals surface area contributed by atoms with Crippen LogP contribution in [0.15, 0.2) is 36.8 Å². The smallest absolute Gasteiger partial charge is 0.227 e. The Labute approximate surface area is 193 Å². The lowest BCUT2D eigenvalue weighted by Gasteiger charge is -2.34. The second kappa shape index (κ2) is 10.3. The van der Waals surface area contributed by atoms with Crippen molar-refractivity contribution in [3.8, 4) is 11.3 Å². The molecule has 2 aromatic heterocycles. The fourth-order valence-corrected chi connectivity index (χ4v) is 4.10. The predicted molar refractivity (Wildman–Crippen MR) is 128 cm³/mol. The minimum absolute atomic E-state index is 0.136. The first-order valence-corrected chi connectivity index (χ1v) is 11.5. The van der Waals surface area contributed by atoms with Crippen molar-refractivity contribution in [1.82, 2.24) is 25.1 Å². The Morgan fingerprint density at radius 1 is 1.21 bits per heavy atom. The first-order valence-electron chi connectivity index (χ1n) is 11.5. The van der Waals surface area contributed by atoms with Gasteiger partial charge >= 0.3 is 0 Å². The number of aromatic nitrogens is 4. The largest absolute Gasteiger partial charge is 0.395 e. The maximum absolute atomic E-state index is 14.9. The zero-order chi connectivity index (χ0) is 23.4. The maximum Gasteiger partial charge on any atom is 0.227 e. The Hall–Kier alpha value is -3.04. The van der Waals surface area contributed by atoms with Crippen LogP contribution in [-0.2, 0) is 0 Å². The number of rotatable bonds is 8. The van der Waals surface area contributed by atoms with Crippen LogP contribution in [0.3, 0.4) is 0 Å². The number of aliphatic hydroxyl groups excluding tert-OH is 1. The number of nitrogens with zero attached hydrogens (tertiary/aromatic N) is 5. The van der Waals surface area contributed by atoms with Crippen molar-refractivity contribution >= 4 is 17.3 Å². The van der Waals surface area contributed by atoms with Gasteiger partial charge in [0.2, 0.25) is 5.95 Å². The highest BCUT2D eigenvalue weighted by atomic mass is 19.1. The fourth-order valence-electron chi connectivity index (χ4n) is 4.10. The molecule has 1 fully saturated rings. The first kappa shape index (κ1) is 23.1. The normalized spacial score (nSPS) is 14.8. The van der Waals surface area contributed by atoms with Gasteiger partial charge in [-0.1, -0.05) is 0 Å². The molecule has 0 atom stereocenters. The van der Waals surface area contributed by atoms with Gasteiger partial charge in [0.15, 0.2) is 0 Å². The van der Waals surface area contributed by atoms with Crippen LogP contribution >= 0.6 is 0 Å². The van der Waals surface area contributed by atoms with Crippen molar-refractivity contribution < 1.29 is 9.50 Å². The zero-order valence-electron chi connectivity index (χ0n) is 19.4. The van der Waals surface area contributed by atoms with Gasteiger partial charge in [-0.3, -0.25) is 4.68 Å². The monoisotopic (exact) mass is 453 g/mol. The van der Waals surface area contributed by atoms with E-state index in [9.17, 15) is 4.39 Å². The number of piperidine rings is 1. The third-order valence-corrected chi connectivity index (χ3v) is 5.96. The average molecular weight is 454 g/mol. The molecule has 33 heavy (non-hydrogen) atoms. The highest BCUT2D eigenvalue weighted by Crippen LogP contribution is 2.28. The number of halogens is 1. The van der Waals surface area contributed by atoms with Crippen molar-refractivity contribution in [2.24, 2.45) is 0 Å². The molecule has 176 valence electrons. The number of nitrogens with one attached hydrogen (secondary N) is 2. The quantitative estimate of drug-likeness (QED) is 0.479. The third-order valence-electron chi connectivity index (χ3n) is 5.96. The van der Waals surface area contributed by atoms with Crippen LogP contribution in [0.25, 0.3) is 11.3 Å². The minimum Gasteiger partial charge on any atom is -0.395 e. The van der Waals surface area contributed by atoms with Gasteiger partial charge in [0, 0.05) is 55.4 Å². The molecule has 4 rings (SSSR count). The van der Waals surface area contributed by atoms with E-state index in [2.05, 4.69) is 44.4 Å². The Kier molecular flexibility index (Phi) is 7.20. The highest BCUT2D eigenvalue weighted by Gasteiger charge is 2.21. The molecule has 0 saturated carbocycles. The molecule has 0 amide bonds. The molecule has 0 radical (unpaired) electrons. The molecule has 8 nitrogen and oxygen atoms in total. The Balaban J connectivity index is 1.45. The number of aryl methyl sites for hydroxylation is 1. The molecule has 0 bridgehead atoms. The topological polar surface area (TPSA) is 91.1 Å². The average Bonchev–Trinajstić information content (AvgIpc) is 3.30. The van der Waals surface area contributed by atoms with Gasteiger partial charge in [0.1, 0.15) is 5.82 Å². The summed E-state index contributed by atoms with van der Waals surface area (Å²) in [5.74, 6) is 0.142. The Morgan fingerprint density at radius 2 is 2.00 bits per heavy atom. The zero-order valence-corrected chi connectivity index (χ0v) is 19.4. The van der Waals surface area contributed by atoms with Crippen molar-refractivity contribution in [3.05, 3.63) is 48.2 Å². The van der Waals surface area contributed by atoms with E-state index >= 15 is 0 Å². The van der Waals surface area contributed by atoms with E-state index in [4.69, 9.17) is 5.11 Å². The number of aliphatic hydroxyl groups is 1. The predicted octanol–water partition coefficient (Wildman–Crippen LogP) is 3.66. The van der Waals surface area contributed by atoms with Gasteiger partial charge in [-0.2, -0.15) is 5.10 Å². The first-order chi connectivity index (χ1) is 15.9. The molecule has 1 aromatic carbocycles. The molecule has 3 heterocycles. The van der Waals surface area contributed by atoms with Gasteiger partial charge in [0.05, 0.1) is 24.2 Å². The fraction of sp³-hybridized carbons (Fsp3) is 0.458. The summed E-state index contributed by atoms with van der Waals surface area (Å²) in [6, 6.07) is 5.79. The number of hydrogen-bond acceptors (Lipinski definition) is 7. The van der Waals surface area contributed by atoms with Crippen LogP contribution in [0.4, 0.5) is 21.7 Å². The molecule has 1 aliphatic heterocycles. The summed E-state index contributed by atoms with van der Waals surface area (Å²) in [5, 5.41) is 19.8. The summed E-state index contributed by atoms with van der Waals surface area (Å²) in [7, 11) is 0. The van der Waals surface area contributed by atoms with Crippen molar-refractivity contribution in [2.75, 3.05) is 36.5 Å². The Bertz CT molecular complexity index is 1080. The second-order valence-corrected chi connectivity index (χ2v) is 8.76. The molecule has 1 saturated heterocycles. The number of anilines is 3. The molecule has 9 heteroatoms. The van der Waals surface area contributed by atoms with Crippen LogP contribution in [0.2, 0.25) is 0 Å². The summed E-state index contributed by atoms with van der Waals surface area (Å²) in [6.07, 6.45) is 7.38. The van der Waals surface area contributed by atoms with Crippen molar-refractivity contribution in [2.45, 2.75) is 45.7 Å². The maximum atomic E-state index is 14.9. The van der Waals surface area contributed by atoms with Crippen LogP contribution in [-0.4, -0.2) is 57.1 Å². The minimum atomic E-state index is -0.271. The van der Waals surface area contributed by atoms with E-state index < -0.39 is 0 Å². The molecule has 1 aliphatic rings. The van der Waals surface area contributed by atoms with Gasteiger partial charge in [-0.05, 0) is 57.4 Å². The van der Waals surface area contributed by atoms with E-state index in [1.807, 2.05) is 23.9 Å². The van der Waals surface area contributed by atoms with Crippen LogP contribution < -0.4 is 15.5 Å². The number of hydrogen-bond donors (Lipinski definition) is 3. The summed E-state index contributed by atoms with van der Waals surface area (Å²) < 4.78 is 16.8. The van der Waals surface area contributed by atoms with E-state index in [0.29, 0.717) is 29.9 Å². The van der Waals surface area contributed by atoms with E-state index in [0.717, 1.165) is 42.8 Å². The van der Waals surface area contributed by atoms with Crippen LogP contribution in [0.5, 0.6) is 0 Å². The van der Waals surface area contributed by atoms with Gasteiger partial charge in [-0.15, -0.1) is 0 Å². The third kappa shape index (κ3) is 5.48. The summed E-state index contributed by atoms with van der Waals surface area (Å²) >= 11 is 0. The van der Waals surface area contributed by atoms with Gasteiger partial charge in [0.25, 0.3) is 0 Å². The lowest BCUT2D eigenvalue weighted by molar-refractivity contribution is 0.277. The summed E-state index contributed by atoms with van der Waals surface area (Å²) in [6.45, 7) is 8.40. The van der Waals surface area contributed by atoms with Gasteiger partial charge in [-0.25, -0.2) is 14.4 Å². The Morgan fingerprint density at radius 3 is 2.67 bits per heavy atom. The second-order valence-electron chi connectivity index (χ2n) is 8.76. The summed E-state index contributed by atoms with van der Waals surface area (Å²) in [4.78, 5) is 11.1. The van der Waals surface area contributed by atoms with Crippen LogP contribution in [0.1, 0.15) is 38.3 Å². The van der Waals surface area contributed by atoms with E-state index in [1.165, 1.54) is 6.07 Å². The lowest BCUT2D eigenvalue weighted by atomic mass is 10.0. The lowest BCUT2D eigenvalue weighted by Crippen LogP contribution is -2.43. The molecule has 0 aliphatic carbocycles. The molecule has 0 unspecified atom stereocenters.